The molecule has 0 atom stereocenters. The van der Waals surface area contributed by atoms with Crippen molar-refractivity contribution in [1.82, 2.24) is 0 Å². The van der Waals surface area contributed by atoms with Crippen molar-refractivity contribution in [2.45, 2.75) is 27.7 Å². The molecule has 0 aliphatic carbocycles. The molecule has 4 nitrogen and oxygen atoms in total. The summed E-state index contributed by atoms with van der Waals surface area (Å²) in [4.78, 5) is 18.5. The van der Waals surface area contributed by atoms with Crippen molar-refractivity contribution in [2.24, 2.45) is 0 Å². The van der Waals surface area contributed by atoms with E-state index in [0.29, 0.717) is 0 Å². The lowest BCUT2D eigenvalue weighted by atomic mass is 9.97. The molecule has 0 fully saturated rings. The van der Waals surface area contributed by atoms with Crippen molar-refractivity contribution < 1.29 is 19.8 Å². The SMILES string of the molecule is C=CC(=O)O.C=CC(=O)O.Cc1cc(C)c(Br)c(-c2c(Br)c(C)cc(C)c2Br)c1Br. The van der Waals surface area contributed by atoms with Gasteiger partial charge in [0, 0.05) is 41.2 Å². The molecule has 162 valence electrons. The van der Waals surface area contributed by atoms with Gasteiger partial charge in [0.05, 0.1) is 0 Å². The zero-order valence-corrected chi connectivity index (χ0v) is 23.3. The molecule has 30 heavy (non-hydrogen) atoms. The highest BCUT2D eigenvalue weighted by Crippen LogP contribution is 2.47. The third kappa shape index (κ3) is 8.13. The number of hydrogen-bond donors (Lipinski definition) is 2. The van der Waals surface area contributed by atoms with E-state index in [-0.39, 0.29) is 0 Å². The number of carboxylic acids is 2. The maximum absolute atomic E-state index is 9.25. The Balaban J connectivity index is 0.000000702. The molecule has 0 heterocycles. The molecule has 2 aromatic rings. The standard InChI is InChI=1S/C16H14Br4.2C3H4O2/c1-7-5-8(2)14(18)11(13(7)17)12-15(19)9(3)6-10(4)16(12)20;2*1-2-3(4)5/h5-6H,1-4H3;2*2H,1H2,(H,4,5). The monoisotopic (exact) mass is 666 g/mol. The zero-order chi connectivity index (χ0) is 23.8. The second kappa shape index (κ2) is 13.2. The molecule has 0 aliphatic heterocycles. The average Bonchev–Trinajstić information content (AvgIpc) is 2.68. The van der Waals surface area contributed by atoms with Gasteiger partial charge in [0.2, 0.25) is 0 Å². The Morgan fingerprint density at radius 1 is 0.667 bits per heavy atom. The molecule has 0 saturated heterocycles. The lowest BCUT2D eigenvalue weighted by Crippen LogP contribution is -1.95. The topological polar surface area (TPSA) is 74.6 Å². The third-order valence-corrected chi connectivity index (χ3v) is 7.82. The van der Waals surface area contributed by atoms with Gasteiger partial charge in [0.1, 0.15) is 0 Å². The van der Waals surface area contributed by atoms with Gasteiger partial charge in [-0.25, -0.2) is 9.59 Å². The molecule has 2 N–H and O–H groups in total. The van der Waals surface area contributed by atoms with Gasteiger partial charge in [0.25, 0.3) is 0 Å². The first-order valence-corrected chi connectivity index (χ1v) is 11.6. The van der Waals surface area contributed by atoms with Gasteiger partial charge in [-0.15, -0.1) is 0 Å². The Kier molecular flexibility index (Phi) is 12.7. The van der Waals surface area contributed by atoms with Crippen molar-refractivity contribution in [2.75, 3.05) is 0 Å². The van der Waals surface area contributed by atoms with Crippen LogP contribution in [0.2, 0.25) is 0 Å². The minimum Gasteiger partial charge on any atom is -0.478 e. The maximum atomic E-state index is 9.25. The fourth-order valence-corrected chi connectivity index (χ4v) is 4.90. The number of hydrogen-bond acceptors (Lipinski definition) is 2. The molecule has 0 radical (unpaired) electrons. The predicted molar refractivity (Wildman–Crippen MR) is 137 cm³/mol. The van der Waals surface area contributed by atoms with E-state index in [2.05, 4.69) is 117 Å². The van der Waals surface area contributed by atoms with Gasteiger partial charge >= 0.3 is 11.9 Å². The molecule has 0 aromatic heterocycles. The van der Waals surface area contributed by atoms with Crippen LogP contribution >= 0.6 is 63.7 Å². The third-order valence-electron chi connectivity index (χ3n) is 3.73. The van der Waals surface area contributed by atoms with Crippen LogP contribution in [-0.2, 0) is 9.59 Å². The molecule has 2 rings (SSSR count). The first-order chi connectivity index (χ1) is 13.8. The summed E-state index contributed by atoms with van der Waals surface area (Å²) in [5.74, 6) is -1.96. The van der Waals surface area contributed by atoms with Crippen LogP contribution in [0.15, 0.2) is 55.3 Å². The molecule has 0 spiro atoms. The van der Waals surface area contributed by atoms with Gasteiger partial charge in [0.15, 0.2) is 0 Å². The van der Waals surface area contributed by atoms with Crippen molar-refractivity contribution in [1.29, 1.82) is 0 Å². The van der Waals surface area contributed by atoms with Crippen LogP contribution in [0.25, 0.3) is 11.1 Å². The minimum atomic E-state index is -0.981. The number of carboxylic acid groups (broad SMARTS) is 2. The number of rotatable bonds is 3. The largest absolute Gasteiger partial charge is 0.478 e. The molecule has 8 heteroatoms. The molecule has 0 amide bonds. The molecule has 0 unspecified atom stereocenters. The number of benzene rings is 2. The smallest absolute Gasteiger partial charge is 0.327 e. The summed E-state index contributed by atoms with van der Waals surface area (Å²) >= 11 is 15.0. The summed E-state index contributed by atoms with van der Waals surface area (Å²) in [6.07, 6.45) is 1.67. The zero-order valence-electron chi connectivity index (χ0n) is 16.9. The van der Waals surface area contributed by atoms with Crippen molar-refractivity contribution in [3.8, 4) is 11.1 Å². The highest BCUT2D eigenvalue weighted by atomic mass is 79.9. The first-order valence-electron chi connectivity index (χ1n) is 8.41. The van der Waals surface area contributed by atoms with E-state index in [1.165, 1.54) is 33.4 Å². The lowest BCUT2D eigenvalue weighted by Gasteiger charge is -2.18. The van der Waals surface area contributed by atoms with Crippen LogP contribution in [0.5, 0.6) is 0 Å². The van der Waals surface area contributed by atoms with Crippen LogP contribution in [0.1, 0.15) is 22.3 Å². The first kappa shape index (κ1) is 28.8. The Morgan fingerprint density at radius 3 is 0.967 bits per heavy atom. The van der Waals surface area contributed by atoms with Crippen LogP contribution in [0.3, 0.4) is 0 Å². The van der Waals surface area contributed by atoms with Crippen LogP contribution < -0.4 is 0 Å². The summed E-state index contributed by atoms with van der Waals surface area (Å²) in [6.45, 7) is 14.4. The molecule has 0 saturated carbocycles. The normalized spacial score (nSPS) is 9.47. The van der Waals surface area contributed by atoms with Gasteiger partial charge in [-0.3, -0.25) is 0 Å². The van der Waals surface area contributed by atoms with Crippen LogP contribution in [0.4, 0.5) is 0 Å². The van der Waals surface area contributed by atoms with Crippen LogP contribution in [0, 0.1) is 27.7 Å². The van der Waals surface area contributed by atoms with Crippen LogP contribution in [-0.4, -0.2) is 22.2 Å². The van der Waals surface area contributed by atoms with E-state index in [9.17, 15) is 9.59 Å². The number of aryl methyl sites for hydroxylation is 4. The molecule has 0 bridgehead atoms. The van der Waals surface area contributed by atoms with Crippen molar-refractivity contribution in [3.63, 3.8) is 0 Å². The second-order valence-electron chi connectivity index (χ2n) is 6.11. The summed E-state index contributed by atoms with van der Waals surface area (Å²) in [7, 11) is 0. The highest BCUT2D eigenvalue weighted by molar-refractivity contribution is 9.11. The van der Waals surface area contributed by atoms with E-state index in [0.717, 1.165) is 30.0 Å². The van der Waals surface area contributed by atoms with Gasteiger partial charge in [-0.2, -0.15) is 0 Å². The maximum Gasteiger partial charge on any atom is 0.327 e. The second-order valence-corrected chi connectivity index (χ2v) is 9.28. The summed E-state index contributed by atoms with van der Waals surface area (Å²) in [6, 6.07) is 4.37. The van der Waals surface area contributed by atoms with Gasteiger partial charge < -0.3 is 10.2 Å². The summed E-state index contributed by atoms with van der Waals surface area (Å²) < 4.78 is 4.51. The number of aliphatic carboxylic acids is 2. The fraction of sp³-hybridized carbons (Fsp3) is 0.182. The van der Waals surface area contributed by atoms with Gasteiger partial charge in [-0.1, -0.05) is 25.3 Å². The quantitative estimate of drug-likeness (QED) is 0.324. The Morgan fingerprint density at radius 2 is 0.833 bits per heavy atom. The Labute approximate surface area is 210 Å². The van der Waals surface area contributed by atoms with E-state index in [1.54, 1.807) is 0 Å². The van der Waals surface area contributed by atoms with E-state index < -0.39 is 11.9 Å². The molecule has 0 aliphatic rings. The van der Waals surface area contributed by atoms with E-state index in [1.807, 2.05) is 0 Å². The van der Waals surface area contributed by atoms with Crippen molar-refractivity contribution in [3.05, 3.63) is 77.6 Å². The van der Waals surface area contributed by atoms with E-state index in [4.69, 9.17) is 10.2 Å². The van der Waals surface area contributed by atoms with Crippen molar-refractivity contribution >= 4 is 75.7 Å². The van der Waals surface area contributed by atoms with E-state index >= 15 is 0 Å². The Bertz CT molecular complexity index is 850. The minimum absolute atomic E-state index is 0.833. The summed E-state index contributed by atoms with van der Waals surface area (Å²) in [5.41, 5.74) is 7.32. The predicted octanol–water partition coefficient (Wildman–Crippen LogP) is 8.15. The molecule has 2 aromatic carbocycles. The summed E-state index contributed by atoms with van der Waals surface area (Å²) in [5, 5.41) is 15.2. The number of carbonyl (C=O) groups is 2. The molecular weight excluding hydrogens is 648 g/mol. The molecular formula is C22H22Br4O4. The van der Waals surface area contributed by atoms with Gasteiger partial charge in [-0.05, 0) is 114 Å². The Hall–Kier alpha value is -1.22. The average molecular weight is 670 g/mol. The fourth-order valence-electron chi connectivity index (χ4n) is 2.32. The number of halogens is 4. The lowest BCUT2D eigenvalue weighted by molar-refractivity contribution is -0.132. The highest BCUT2D eigenvalue weighted by Gasteiger charge is 2.20.